The quantitative estimate of drug-likeness (QED) is 0.525. The van der Waals surface area contributed by atoms with Gasteiger partial charge < -0.3 is 4.74 Å². The van der Waals surface area contributed by atoms with Crippen LogP contribution >= 0.6 is 34.8 Å². The van der Waals surface area contributed by atoms with Crippen LogP contribution in [-0.4, -0.2) is 11.5 Å². The third-order valence-corrected chi connectivity index (χ3v) is 4.29. The lowest BCUT2D eigenvalue weighted by atomic mass is 9.89. The molecule has 1 aromatic rings. The lowest BCUT2D eigenvalue weighted by molar-refractivity contribution is 0.0197. The standard InChI is InChI=1S/C14H17Cl3O2/c1-4-7-14(2,3)13(17)19-12(18)9-5-6-10(15)11(16)8-9/h5-6,8,13H,4,7H2,1-3H3. The molecular weight excluding hydrogens is 307 g/mol. The Kier molecular flexibility index (Phi) is 5.97. The van der Waals surface area contributed by atoms with Gasteiger partial charge in [0.1, 0.15) is 0 Å². The molecule has 5 heteroatoms. The van der Waals surface area contributed by atoms with Crippen molar-refractivity contribution >= 4 is 40.8 Å². The maximum Gasteiger partial charge on any atom is 0.339 e. The minimum Gasteiger partial charge on any atom is -0.442 e. The third-order valence-electron chi connectivity index (χ3n) is 2.87. The van der Waals surface area contributed by atoms with Crippen molar-refractivity contribution in [3.05, 3.63) is 33.8 Å². The number of alkyl halides is 1. The van der Waals surface area contributed by atoms with E-state index in [1.54, 1.807) is 12.1 Å². The molecule has 106 valence electrons. The van der Waals surface area contributed by atoms with Gasteiger partial charge in [0.25, 0.3) is 0 Å². The monoisotopic (exact) mass is 322 g/mol. The topological polar surface area (TPSA) is 26.3 Å². The van der Waals surface area contributed by atoms with Crippen molar-refractivity contribution in [2.45, 2.75) is 39.2 Å². The van der Waals surface area contributed by atoms with Crippen molar-refractivity contribution < 1.29 is 9.53 Å². The highest BCUT2D eigenvalue weighted by atomic mass is 35.5. The molecule has 0 spiro atoms. The van der Waals surface area contributed by atoms with Crippen molar-refractivity contribution in [3.63, 3.8) is 0 Å². The zero-order valence-corrected chi connectivity index (χ0v) is 13.4. The van der Waals surface area contributed by atoms with Gasteiger partial charge in [-0.2, -0.15) is 0 Å². The zero-order chi connectivity index (χ0) is 14.6. The zero-order valence-electron chi connectivity index (χ0n) is 11.2. The highest BCUT2D eigenvalue weighted by Crippen LogP contribution is 2.32. The van der Waals surface area contributed by atoms with Crippen LogP contribution in [0.25, 0.3) is 0 Å². The molecule has 2 nitrogen and oxygen atoms in total. The molecule has 0 N–H and O–H groups in total. The van der Waals surface area contributed by atoms with Crippen LogP contribution in [0.15, 0.2) is 18.2 Å². The summed E-state index contributed by atoms with van der Waals surface area (Å²) in [5, 5.41) is 0.710. The number of rotatable bonds is 5. The highest BCUT2D eigenvalue weighted by Gasteiger charge is 2.30. The van der Waals surface area contributed by atoms with E-state index >= 15 is 0 Å². The van der Waals surface area contributed by atoms with Gasteiger partial charge in [0.05, 0.1) is 15.6 Å². The minimum absolute atomic E-state index is 0.276. The smallest absolute Gasteiger partial charge is 0.339 e. The lowest BCUT2D eigenvalue weighted by Gasteiger charge is -2.29. The fourth-order valence-corrected chi connectivity index (χ4v) is 2.19. The molecule has 0 aliphatic rings. The Morgan fingerprint density at radius 3 is 2.47 bits per heavy atom. The lowest BCUT2D eigenvalue weighted by Crippen LogP contribution is -2.29. The van der Waals surface area contributed by atoms with Crippen molar-refractivity contribution in [2.75, 3.05) is 0 Å². The molecule has 0 radical (unpaired) electrons. The second kappa shape index (κ2) is 6.83. The number of ether oxygens (including phenoxy) is 1. The van der Waals surface area contributed by atoms with E-state index in [1.807, 2.05) is 13.8 Å². The van der Waals surface area contributed by atoms with Crippen molar-refractivity contribution in [3.8, 4) is 0 Å². The first-order valence-corrected chi connectivity index (χ1v) is 7.27. The molecule has 0 heterocycles. The largest absolute Gasteiger partial charge is 0.442 e. The molecular formula is C14H17Cl3O2. The molecule has 0 bridgehead atoms. The molecule has 19 heavy (non-hydrogen) atoms. The number of halogens is 3. The Balaban J connectivity index is 2.76. The maximum atomic E-state index is 12.0. The number of esters is 1. The molecule has 0 saturated carbocycles. The highest BCUT2D eigenvalue weighted by molar-refractivity contribution is 6.42. The van der Waals surface area contributed by atoms with Crippen LogP contribution < -0.4 is 0 Å². The number of carbonyl (C=O) groups excluding carboxylic acids is 1. The van der Waals surface area contributed by atoms with Crippen molar-refractivity contribution in [1.82, 2.24) is 0 Å². The Bertz CT molecular complexity index is 458. The van der Waals surface area contributed by atoms with Crippen LogP contribution in [0.1, 0.15) is 44.0 Å². The van der Waals surface area contributed by atoms with Crippen molar-refractivity contribution in [2.24, 2.45) is 5.41 Å². The van der Waals surface area contributed by atoms with E-state index in [0.29, 0.717) is 15.6 Å². The second-order valence-corrected chi connectivity index (χ2v) is 6.30. The van der Waals surface area contributed by atoms with Gasteiger partial charge in [0.15, 0.2) is 5.56 Å². The molecule has 1 atom stereocenters. The van der Waals surface area contributed by atoms with Crippen LogP contribution in [0, 0.1) is 5.41 Å². The van der Waals surface area contributed by atoms with Crippen LogP contribution in [0.4, 0.5) is 0 Å². The summed E-state index contributed by atoms with van der Waals surface area (Å²) < 4.78 is 5.27. The Hall–Kier alpha value is -0.440. The van der Waals surface area contributed by atoms with Gasteiger partial charge in [-0.1, -0.05) is 62.0 Å². The summed E-state index contributed by atoms with van der Waals surface area (Å²) in [5.41, 5.74) is -0.621. The first-order valence-electron chi connectivity index (χ1n) is 6.08. The number of hydrogen-bond donors (Lipinski definition) is 0. The van der Waals surface area contributed by atoms with Gasteiger partial charge in [0, 0.05) is 5.41 Å². The van der Waals surface area contributed by atoms with E-state index in [1.165, 1.54) is 6.07 Å². The fraction of sp³-hybridized carbons (Fsp3) is 0.500. The molecule has 0 aromatic heterocycles. The van der Waals surface area contributed by atoms with E-state index < -0.39 is 11.5 Å². The summed E-state index contributed by atoms with van der Waals surface area (Å²) in [6.45, 7) is 6.00. The molecule has 0 fully saturated rings. The summed E-state index contributed by atoms with van der Waals surface area (Å²) in [7, 11) is 0. The summed E-state index contributed by atoms with van der Waals surface area (Å²) in [6.07, 6.45) is 1.84. The van der Waals surface area contributed by atoms with E-state index in [4.69, 9.17) is 39.5 Å². The fourth-order valence-electron chi connectivity index (χ4n) is 1.70. The van der Waals surface area contributed by atoms with Crippen LogP contribution in [0.5, 0.6) is 0 Å². The number of benzene rings is 1. The summed E-state index contributed by atoms with van der Waals surface area (Å²) in [6, 6.07) is 4.59. The summed E-state index contributed by atoms with van der Waals surface area (Å²) in [4.78, 5) is 12.0. The minimum atomic E-state index is -0.686. The number of hydrogen-bond acceptors (Lipinski definition) is 2. The van der Waals surface area contributed by atoms with Crippen LogP contribution in [0.2, 0.25) is 10.0 Å². The first kappa shape index (κ1) is 16.6. The van der Waals surface area contributed by atoms with E-state index in [0.717, 1.165) is 12.8 Å². The first-order chi connectivity index (χ1) is 8.77. The average molecular weight is 324 g/mol. The molecule has 1 unspecified atom stereocenters. The number of carbonyl (C=O) groups is 1. The van der Waals surface area contributed by atoms with Gasteiger partial charge in [-0.25, -0.2) is 4.79 Å². The SMILES string of the molecule is CCCC(C)(C)C(Cl)OC(=O)c1ccc(Cl)c(Cl)c1. The maximum absolute atomic E-state index is 12.0. The third kappa shape index (κ3) is 4.55. The van der Waals surface area contributed by atoms with Gasteiger partial charge in [0.2, 0.25) is 0 Å². The summed E-state index contributed by atoms with van der Waals surface area (Å²) in [5.74, 6) is -0.497. The predicted molar refractivity (Wildman–Crippen MR) is 80.2 cm³/mol. The van der Waals surface area contributed by atoms with E-state index in [9.17, 15) is 4.79 Å². The second-order valence-electron chi connectivity index (χ2n) is 5.09. The Morgan fingerprint density at radius 2 is 1.95 bits per heavy atom. The normalized spacial score (nSPS) is 13.2. The molecule has 0 aliphatic heterocycles. The molecule has 1 aromatic carbocycles. The van der Waals surface area contributed by atoms with E-state index in [-0.39, 0.29) is 5.41 Å². The Morgan fingerprint density at radius 1 is 1.32 bits per heavy atom. The van der Waals surface area contributed by atoms with Gasteiger partial charge >= 0.3 is 5.97 Å². The molecule has 0 aliphatic carbocycles. The molecule has 0 amide bonds. The average Bonchev–Trinajstić information content (AvgIpc) is 2.32. The van der Waals surface area contributed by atoms with E-state index in [2.05, 4.69) is 6.92 Å². The van der Waals surface area contributed by atoms with Gasteiger partial charge in [-0.3, -0.25) is 0 Å². The van der Waals surface area contributed by atoms with Crippen LogP contribution in [-0.2, 0) is 4.74 Å². The van der Waals surface area contributed by atoms with Crippen molar-refractivity contribution in [1.29, 1.82) is 0 Å². The van der Waals surface area contributed by atoms with Gasteiger partial charge in [-0.05, 0) is 24.6 Å². The van der Waals surface area contributed by atoms with Crippen LogP contribution in [0.3, 0.4) is 0 Å². The summed E-state index contributed by atoms with van der Waals surface area (Å²) >= 11 is 17.8. The molecule has 1 rings (SSSR count). The van der Waals surface area contributed by atoms with Gasteiger partial charge in [-0.15, -0.1) is 0 Å². The predicted octanol–water partition coefficient (Wildman–Crippen LogP) is 5.54. The Labute approximate surface area is 129 Å². The molecule has 0 saturated heterocycles.